The van der Waals surface area contributed by atoms with Crippen molar-refractivity contribution in [2.24, 2.45) is 5.92 Å². The number of benzene rings is 1. The van der Waals surface area contributed by atoms with Gasteiger partial charge < -0.3 is 5.32 Å². The van der Waals surface area contributed by atoms with E-state index in [0.717, 1.165) is 65.7 Å². The fourth-order valence-electron chi connectivity index (χ4n) is 4.00. The number of pyridine rings is 1. The van der Waals surface area contributed by atoms with E-state index in [1.807, 2.05) is 28.9 Å². The van der Waals surface area contributed by atoms with Gasteiger partial charge in [0.05, 0.1) is 28.2 Å². The number of halogens is 3. The maximum atomic E-state index is 8.93. The molecule has 9 heteroatoms. The van der Waals surface area contributed by atoms with Gasteiger partial charge in [0.15, 0.2) is 5.82 Å². The number of hydrogen-bond donors (Lipinski definition) is 1. The molecule has 5 rings (SSSR count). The van der Waals surface area contributed by atoms with Crippen LogP contribution < -0.4 is 5.32 Å². The SMILES string of the molecule is Cl.N#Cc1ccc(CCCNc2nc(-c3ccc(Cl)cc3Cl)cn3nc(CCC4CC4)cc23)nc1. The monoisotopic (exact) mass is 526 g/mol. The molecular formula is C26H25Cl3N6. The summed E-state index contributed by atoms with van der Waals surface area (Å²) in [4.78, 5) is 9.25. The summed E-state index contributed by atoms with van der Waals surface area (Å²) in [7, 11) is 0. The van der Waals surface area contributed by atoms with Crippen LogP contribution >= 0.6 is 35.6 Å². The smallest absolute Gasteiger partial charge is 0.152 e. The van der Waals surface area contributed by atoms with Gasteiger partial charge >= 0.3 is 0 Å². The summed E-state index contributed by atoms with van der Waals surface area (Å²) in [6, 6.07) is 13.4. The van der Waals surface area contributed by atoms with Crippen molar-refractivity contribution in [3.63, 3.8) is 0 Å². The predicted octanol–water partition coefficient (Wildman–Crippen LogP) is 6.78. The quantitative estimate of drug-likeness (QED) is 0.243. The van der Waals surface area contributed by atoms with Gasteiger partial charge in [-0.1, -0.05) is 36.0 Å². The number of hydrogen-bond acceptors (Lipinski definition) is 5. The Bertz CT molecular complexity index is 1360. The van der Waals surface area contributed by atoms with Gasteiger partial charge in [0, 0.05) is 29.0 Å². The van der Waals surface area contributed by atoms with E-state index in [1.54, 1.807) is 18.3 Å². The molecule has 3 aromatic heterocycles. The molecule has 1 saturated carbocycles. The zero-order valence-electron chi connectivity index (χ0n) is 19.0. The molecule has 4 aromatic rings. The van der Waals surface area contributed by atoms with E-state index in [9.17, 15) is 0 Å². The fraction of sp³-hybridized carbons (Fsp3) is 0.308. The van der Waals surface area contributed by atoms with Crippen LogP contribution in [0.15, 0.2) is 48.8 Å². The number of aromatic nitrogens is 4. The van der Waals surface area contributed by atoms with Crippen molar-refractivity contribution in [3.8, 4) is 17.3 Å². The third-order valence-corrected chi connectivity index (χ3v) is 6.62. The molecule has 6 nitrogen and oxygen atoms in total. The standard InChI is InChI=1S/C26H24Cl2N6.ClH/c27-19-7-10-22(23(28)12-19)24-16-34-25(13-21(33-34)9-5-17-3-4-17)26(32-24)30-11-1-2-20-8-6-18(14-29)15-31-20;/h6-8,10,12-13,15-17H,1-5,9,11H2,(H,30,32);1H. The van der Waals surface area contributed by atoms with Crippen LogP contribution in [-0.4, -0.2) is 26.1 Å². The Morgan fingerprint density at radius 2 is 1.94 bits per heavy atom. The highest BCUT2D eigenvalue weighted by atomic mass is 35.5. The highest BCUT2D eigenvalue weighted by molar-refractivity contribution is 6.36. The first-order chi connectivity index (χ1) is 16.6. The van der Waals surface area contributed by atoms with Crippen LogP contribution in [0.5, 0.6) is 0 Å². The molecule has 1 aliphatic rings. The second-order valence-corrected chi connectivity index (χ2v) is 9.57. The highest BCUT2D eigenvalue weighted by Gasteiger charge is 2.21. The van der Waals surface area contributed by atoms with E-state index < -0.39 is 0 Å². The van der Waals surface area contributed by atoms with E-state index in [1.165, 1.54) is 19.3 Å². The normalized spacial score (nSPS) is 12.8. The minimum absolute atomic E-state index is 0. The number of aryl methyl sites for hydroxylation is 2. The number of nitrogens with zero attached hydrogens (tertiary/aromatic N) is 5. The molecule has 1 N–H and O–H groups in total. The van der Waals surface area contributed by atoms with Crippen LogP contribution in [0.25, 0.3) is 16.8 Å². The van der Waals surface area contributed by atoms with Gasteiger partial charge in [-0.15, -0.1) is 12.4 Å². The first-order valence-electron chi connectivity index (χ1n) is 11.5. The molecule has 180 valence electrons. The molecule has 1 aromatic carbocycles. The minimum atomic E-state index is 0. The molecule has 0 atom stereocenters. The van der Waals surface area contributed by atoms with Crippen molar-refractivity contribution in [1.82, 2.24) is 19.6 Å². The third-order valence-electron chi connectivity index (χ3n) is 6.07. The summed E-state index contributed by atoms with van der Waals surface area (Å²) >= 11 is 12.6. The van der Waals surface area contributed by atoms with Gasteiger partial charge in [0.2, 0.25) is 0 Å². The largest absolute Gasteiger partial charge is 0.368 e. The number of nitriles is 1. The Morgan fingerprint density at radius 1 is 1.09 bits per heavy atom. The first-order valence-corrected chi connectivity index (χ1v) is 12.3. The Balaban J connectivity index is 0.00000289. The van der Waals surface area contributed by atoms with Crippen LogP contribution in [0.2, 0.25) is 10.0 Å². The topological polar surface area (TPSA) is 78.9 Å². The number of anilines is 1. The molecule has 0 bridgehead atoms. The van der Waals surface area contributed by atoms with Crippen molar-refractivity contribution in [3.05, 3.63) is 75.8 Å². The Hall–Kier alpha value is -2.85. The zero-order valence-corrected chi connectivity index (χ0v) is 21.4. The molecule has 0 aliphatic heterocycles. The molecule has 0 radical (unpaired) electrons. The average molecular weight is 528 g/mol. The molecule has 35 heavy (non-hydrogen) atoms. The molecule has 1 fully saturated rings. The molecule has 0 saturated heterocycles. The third kappa shape index (κ3) is 6.24. The van der Waals surface area contributed by atoms with Gasteiger partial charge in [0.25, 0.3) is 0 Å². The summed E-state index contributed by atoms with van der Waals surface area (Å²) < 4.78 is 1.90. The Labute approximate surface area is 220 Å². The van der Waals surface area contributed by atoms with Crippen molar-refractivity contribution in [2.75, 3.05) is 11.9 Å². The first kappa shape index (κ1) is 25.2. The Kier molecular flexibility index (Phi) is 8.12. The second kappa shape index (κ2) is 11.3. The lowest BCUT2D eigenvalue weighted by Gasteiger charge is -2.11. The van der Waals surface area contributed by atoms with Gasteiger partial charge in [-0.2, -0.15) is 10.4 Å². The van der Waals surface area contributed by atoms with Crippen molar-refractivity contribution in [1.29, 1.82) is 5.26 Å². The predicted molar refractivity (Wildman–Crippen MR) is 142 cm³/mol. The van der Waals surface area contributed by atoms with E-state index in [0.29, 0.717) is 15.6 Å². The van der Waals surface area contributed by atoms with Gasteiger partial charge in [-0.05, 0) is 68.0 Å². The fourth-order valence-corrected chi connectivity index (χ4v) is 4.50. The van der Waals surface area contributed by atoms with Crippen molar-refractivity contribution < 1.29 is 0 Å². The van der Waals surface area contributed by atoms with Crippen LogP contribution in [0, 0.1) is 17.2 Å². The van der Waals surface area contributed by atoms with Crippen LogP contribution in [0.4, 0.5) is 5.82 Å². The average Bonchev–Trinajstić information content (AvgIpc) is 3.58. The van der Waals surface area contributed by atoms with Gasteiger partial charge in [-0.3, -0.25) is 4.98 Å². The summed E-state index contributed by atoms with van der Waals surface area (Å²) in [6.45, 7) is 0.727. The number of fused-ring (bicyclic) bond motifs is 1. The van der Waals surface area contributed by atoms with Crippen LogP contribution in [0.1, 0.15) is 42.6 Å². The molecule has 0 spiro atoms. The lowest BCUT2D eigenvalue weighted by Crippen LogP contribution is -2.08. The summed E-state index contributed by atoms with van der Waals surface area (Å²) in [5.74, 6) is 1.64. The second-order valence-electron chi connectivity index (χ2n) is 8.73. The lowest BCUT2D eigenvalue weighted by molar-refractivity contribution is 0.706. The number of nitrogens with one attached hydrogen (secondary N) is 1. The minimum Gasteiger partial charge on any atom is -0.368 e. The molecule has 3 heterocycles. The summed E-state index contributed by atoms with van der Waals surface area (Å²) in [5.41, 5.74) is 5.13. The molecule has 0 amide bonds. The van der Waals surface area contributed by atoms with Gasteiger partial charge in [-0.25, -0.2) is 9.50 Å². The van der Waals surface area contributed by atoms with Crippen LogP contribution in [-0.2, 0) is 12.8 Å². The summed E-state index contributed by atoms with van der Waals surface area (Å²) in [5, 5.41) is 18.4. The molecule has 1 aliphatic carbocycles. The zero-order chi connectivity index (χ0) is 23.5. The summed E-state index contributed by atoms with van der Waals surface area (Å²) in [6.07, 6.45) is 10.1. The molecular weight excluding hydrogens is 503 g/mol. The van der Waals surface area contributed by atoms with Crippen molar-refractivity contribution >= 4 is 46.9 Å². The van der Waals surface area contributed by atoms with Crippen molar-refractivity contribution in [2.45, 2.75) is 38.5 Å². The number of rotatable bonds is 9. The highest BCUT2D eigenvalue weighted by Crippen LogP contribution is 2.34. The van der Waals surface area contributed by atoms with E-state index in [2.05, 4.69) is 22.4 Å². The maximum absolute atomic E-state index is 8.93. The molecule has 0 unspecified atom stereocenters. The van der Waals surface area contributed by atoms with Gasteiger partial charge in [0.1, 0.15) is 11.6 Å². The maximum Gasteiger partial charge on any atom is 0.152 e. The van der Waals surface area contributed by atoms with E-state index in [-0.39, 0.29) is 12.4 Å². The lowest BCUT2D eigenvalue weighted by atomic mass is 10.1. The van der Waals surface area contributed by atoms with Crippen LogP contribution in [0.3, 0.4) is 0 Å². The van der Waals surface area contributed by atoms with E-state index >= 15 is 0 Å². The Morgan fingerprint density at radius 3 is 2.66 bits per heavy atom. The van der Waals surface area contributed by atoms with E-state index in [4.69, 9.17) is 38.5 Å².